The quantitative estimate of drug-likeness (QED) is 0.583. The minimum atomic E-state index is -3.71. The maximum atomic E-state index is 11.8. The van der Waals surface area contributed by atoms with Gasteiger partial charge in [0.2, 0.25) is 5.91 Å². The molecule has 1 amide bonds. The molecule has 0 unspecified atom stereocenters. The molecule has 1 aliphatic heterocycles. The van der Waals surface area contributed by atoms with Gasteiger partial charge in [-0.3, -0.25) is 9.59 Å². The van der Waals surface area contributed by atoms with Crippen LogP contribution in [0.1, 0.15) is 19.8 Å². The number of primary amides is 1. The minimum absolute atomic E-state index is 0.220. The van der Waals surface area contributed by atoms with Crippen LogP contribution < -0.4 is 10.5 Å². The lowest BCUT2D eigenvalue weighted by atomic mass is 9.98. The zero-order chi connectivity index (χ0) is 14.5. The predicted octanol–water partition coefficient (Wildman–Crippen LogP) is -1.42. The molecule has 3 N–H and O–H groups in total. The van der Waals surface area contributed by atoms with Crippen LogP contribution in [0.5, 0.6) is 0 Å². The molecule has 19 heavy (non-hydrogen) atoms. The molecular formula is C10H19N3O5S. The second-order valence-corrected chi connectivity index (χ2v) is 5.97. The lowest BCUT2D eigenvalue weighted by Crippen LogP contribution is -2.47. The van der Waals surface area contributed by atoms with Gasteiger partial charge >= 0.3 is 5.97 Å². The van der Waals surface area contributed by atoms with Crippen LogP contribution in [0.15, 0.2) is 0 Å². The summed E-state index contributed by atoms with van der Waals surface area (Å²) >= 11 is 0. The number of hydrogen-bond acceptors (Lipinski definition) is 5. The molecule has 0 spiro atoms. The number of carbonyl (C=O) groups excluding carboxylic acids is 2. The van der Waals surface area contributed by atoms with Crippen molar-refractivity contribution in [2.75, 3.05) is 26.2 Å². The minimum Gasteiger partial charge on any atom is -0.466 e. The van der Waals surface area contributed by atoms with Crippen molar-refractivity contribution in [1.29, 1.82) is 0 Å². The first-order valence-electron chi connectivity index (χ1n) is 6.06. The number of rotatable bonds is 6. The zero-order valence-corrected chi connectivity index (χ0v) is 11.6. The van der Waals surface area contributed by atoms with E-state index in [0.717, 1.165) is 0 Å². The second kappa shape index (κ2) is 6.83. The third kappa shape index (κ3) is 4.77. The third-order valence-electron chi connectivity index (χ3n) is 2.84. The summed E-state index contributed by atoms with van der Waals surface area (Å²) in [6.45, 7) is 2.05. The van der Waals surface area contributed by atoms with Gasteiger partial charge in [0.05, 0.1) is 19.1 Å². The summed E-state index contributed by atoms with van der Waals surface area (Å²) in [6, 6.07) is 0. The van der Waals surface area contributed by atoms with Gasteiger partial charge in [0.25, 0.3) is 10.2 Å². The Hall–Kier alpha value is -1.19. The Morgan fingerprint density at radius 2 is 1.95 bits per heavy atom. The van der Waals surface area contributed by atoms with Gasteiger partial charge in [0.15, 0.2) is 0 Å². The topological polar surface area (TPSA) is 119 Å². The smallest absolute Gasteiger partial charge is 0.309 e. The molecule has 8 nitrogen and oxygen atoms in total. The molecule has 0 atom stereocenters. The highest BCUT2D eigenvalue weighted by Gasteiger charge is 2.31. The van der Waals surface area contributed by atoms with Crippen LogP contribution >= 0.6 is 0 Å². The molecule has 0 radical (unpaired) electrons. The summed E-state index contributed by atoms with van der Waals surface area (Å²) in [5.41, 5.74) is 4.88. The summed E-state index contributed by atoms with van der Waals surface area (Å²) in [4.78, 5) is 22.1. The molecule has 0 aromatic rings. The maximum absolute atomic E-state index is 11.8. The highest BCUT2D eigenvalue weighted by molar-refractivity contribution is 7.87. The van der Waals surface area contributed by atoms with E-state index < -0.39 is 22.7 Å². The SMILES string of the molecule is CCOC(=O)C1CCN(S(=O)(=O)NCC(N)=O)CC1. The highest BCUT2D eigenvalue weighted by Crippen LogP contribution is 2.20. The lowest BCUT2D eigenvalue weighted by molar-refractivity contribution is -0.149. The number of piperidine rings is 1. The second-order valence-electron chi connectivity index (χ2n) is 4.22. The van der Waals surface area contributed by atoms with Gasteiger partial charge in [-0.05, 0) is 19.8 Å². The summed E-state index contributed by atoms with van der Waals surface area (Å²) < 4.78 is 31.8. The Kier molecular flexibility index (Phi) is 5.70. The third-order valence-corrected chi connectivity index (χ3v) is 4.40. The number of amides is 1. The van der Waals surface area contributed by atoms with Crippen LogP contribution in [0.3, 0.4) is 0 Å². The Labute approximate surface area is 112 Å². The van der Waals surface area contributed by atoms with E-state index in [0.29, 0.717) is 19.4 Å². The van der Waals surface area contributed by atoms with E-state index in [1.54, 1.807) is 6.92 Å². The molecule has 1 aliphatic rings. The predicted molar refractivity (Wildman–Crippen MR) is 67.0 cm³/mol. The van der Waals surface area contributed by atoms with Crippen molar-refractivity contribution in [3.63, 3.8) is 0 Å². The normalized spacial score (nSPS) is 18.2. The number of esters is 1. The Morgan fingerprint density at radius 1 is 1.37 bits per heavy atom. The van der Waals surface area contributed by atoms with Gasteiger partial charge in [-0.15, -0.1) is 0 Å². The largest absolute Gasteiger partial charge is 0.466 e. The van der Waals surface area contributed by atoms with Gasteiger partial charge in [0.1, 0.15) is 0 Å². The Bertz CT molecular complexity index is 428. The molecule has 0 aromatic heterocycles. The Balaban J connectivity index is 2.49. The zero-order valence-electron chi connectivity index (χ0n) is 10.8. The molecule has 1 rings (SSSR count). The van der Waals surface area contributed by atoms with Crippen LogP contribution in [0.2, 0.25) is 0 Å². The van der Waals surface area contributed by atoms with Crippen LogP contribution in [0.25, 0.3) is 0 Å². The van der Waals surface area contributed by atoms with Crippen LogP contribution in [0, 0.1) is 5.92 Å². The fourth-order valence-electron chi connectivity index (χ4n) is 1.85. The average molecular weight is 293 g/mol. The molecule has 1 saturated heterocycles. The highest BCUT2D eigenvalue weighted by atomic mass is 32.2. The number of hydrogen-bond donors (Lipinski definition) is 2. The number of nitrogens with one attached hydrogen (secondary N) is 1. The first-order chi connectivity index (χ1) is 8.86. The monoisotopic (exact) mass is 293 g/mol. The van der Waals surface area contributed by atoms with Crippen LogP contribution in [-0.4, -0.2) is 50.8 Å². The van der Waals surface area contributed by atoms with Gasteiger partial charge in [-0.25, -0.2) is 0 Å². The number of carbonyl (C=O) groups is 2. The van der Waals surface area contributed by atoms with Crippen molar-refractivity contribution in [3.8, 4) is 0 Å². The van der Waals surface area contributed by atoms with E-state index in [9.17, 15) is 18.0 Å². The van der Waals surface area contributed by atoms with Crippen LogP contribution in [0.4, 0.5) is 0 Å². The van der Waals surface area contributed by atoms with Crippen LogP contribution in [-0.2, 0) is 24.5 Å². The van der Waals surface area contributed by atoms with E-state index in [1.165, 1.54) is 4.31 Å². The van der Waals surface area contributed by atoms with Crippen molar-refractivity contribution < 1.29 is 22.7 Å². The summed E-state index contributed by atoms with van der Waals surface area (Å²) in [5, 5.41) is 0. The van der Waals surface area contributed by atoms with Gasteiger partial charge in [-0.2, -0.15) is 17.4 Å². The molecule has 0 aromatic carbocycles. The molecule has 9 heteroatoms. The number of nitrogens with zero attached hydrogens (tertiary/aromatic N) is 1. The van der Waals surface area contributed by atoms with E-state index in [-0.39, 0.29) is 25.0 Å². The molecule has 1 fully saturated rings. The van der Waals surface area contributed by atoms with Crippen molar-refractivity contribution in [2.24, 2.45) is 11.7 Å². The van der Waals surface area contributed by atoms with Crippen molar-refractivity contribution in [2.45, 2.75) is 19.8 Å². The standard InChI is InChI=1S/C10H19N3O5S/c1-2-18-10(15)8-3-5-13(6-4-8)19(16,17)12-7-9(11)14/h8,12H,2-7H2,1H3,(H2,11,14). The summed E-state index contributed by atoms with van der Waals surface area (Å²) in [7, 11) is -3.71. The van der Waals surface area contributed by atoms with Crippen molar-refractivity contribution in [1.82, 2.24) is 9.03 Å². The van der Waals surface area contributed by atoms with Crippen molar-refractivity contribution in [3.05, 3.63) is 0 Å². The average Bonchev–Trinajstić information content (AvgIpc) is 2.37. The van der Waals surface area contributed by atoms with E-state index >= 15 is 0 Å². The molecule has 0 saturated carbocycles. The first-order valence-corrected chi connectivity index (χ1v) is 7.50. The first kappa shape index (κ1) is 15.9. The summed E-state index contributed by atoms with van der Waals surface area (Å²) in [6.07, 6.45) is 0.826. The fourth-order valence-corrected chi connectivity index (χ4v) is 3.04. The van der Waals surface area contributed by atoms with Gasteiger partial charge in [0, 0.05) is 13.1 Å². The van der Waals surface area contributed by atoms with Gasteiger partial charge in [-0.1, -0.05) is 0 Å². The van der Waals surface area contributed by atoms with E-state index in [1.807, 2.05) is 0 Å². The molecule has 110 valence electrons. The number of ether oxygens (including phenoxy) is 1. The summed E-state index contributed by atoms with van der Waals surface area (Å²) in [5.74, 6) is -1.29. The number of nitrogens with two attached hydrogens (primary N) is 1. The molecule has 1 heterocycles. The molecule has 0 aliphatic carbocycles. The lowest BCUT2D eigenvalue weighted by Gasteiger charge is -2.29. The van der Waals surface area contributed by atoms with Crippen molar-refractivity contribution >= 4 is 22.1 Å². The molecular weight excluding hydrogens is 274 g/mol. The maximum Gasteiger partial charge on any atom is 0.309 e. The fraction of sp³-hybridized carbons (Fsp3) is 0.800. The van der Waals surface area contributed by atoms with E-state index in [4.69, 9.17) is 10.5 Å². The van der Waals surface area contributed by atoms with E-state index in [2.05, 4.69) is 4.72 Å². The Morgan fingerprint density at radius 3 is 2.42 bits per heavy atom. The van der Waals surface area contributed by atoms with Gasteiger partial charge < -0.3 is 10.5 Å². The molecule has 0 bridgehead atoms.